The second kappa shape index (κ2) is 9.94. The second-order valence-corrected chi connectivity index (χ2v) is 8.41. The van der Waals surface area contributed by atoms with Crippen LogP contribution < -0.4 is 26.6 Å². The number of carbonyl (C=O) groups excluding carboxylic acids is 2. The maximum atomic E-state index is 13.5. The van der Waals surface area contributed by atoms with Gasteiger partial charge in [0.1, 0.15) is 0 Å². The third-order valence-electron chi connectivity index (χ3n) is 6.13. The zero-order valence-corrected chi connectivity index (χ0v) is 19.0. The predicted molar refractivity (Wildman–Crippen MR) is 135 cm³/mol. The molecule has 0 saturated heterocycles. The highest BCUT2D eigenvalue weighted by Gasteiger charge is 2.33. The lowest BCUT2D eigenvalue weighted by Gasteiger charge is -2.23. The van der Waals surface area contributed by atoms with E-state index in [1.54, 1.807) is 12.1 Å². The molecule has 0 aromatic heterocycles. The highest BCUT2D eigenvalue weighted by atomic mass is 16.1. The van der Waals surface area contributed by atoms with Crippen molar-refractivity contribution >= 4 is 34.7 Å². The van der Waals surface area contributed by atoms with Crippen molar-refractivity contribution in [1.29, 1.82) is 0 Å². The van der Waals surface area contributed by atoms with Gasteiger partial charge in [0.05, 0.1) is 30.1 Å². The number of guanidine groups is 1. The predicted octanol–water partition coefficient (Wildman–Crippen LogP) is 1.62. The third-order valence-corrected chi connectivity index (χ3v) is 6.13. The fourth-order valence-electron chi connectivity index (χ4n) is 4.52. The maximum Gasteiger partial charge on any atom is 0.196 e. The van der Waals surface area contributed by atoms with Crippen molar-refractivity contribution in [3.05, 3.63) is 58.7 Å². The van der Waals surface area contributed by atoms with Crippen LogP contribution in [0, 0.1) is 0 Å². The molecule has 9 nitrogen and oxygen atoms in total. The number of carbonyl (C=O) groups is 2. The summed E-state index contributed by atoms with van der Waals surface area (Å²) in [6.45, 7) is 5.30. The standard InChI is InChI=1S/C25H29N7O2/c33-23-17-5-2-7-19(27-10-13-30-25-31-14-15-32-25)22(17)24(34)16-4-1-6-18(21(16)23)26-9-3-8-20-28-11-12-29-20/h1-2,4-7,26-27H,3,8-15H2,(H,28,29)(H2,30,31,32). The minimum Gasteiger partial charge on any atom is -0.384 e. The van der Waals surface area contributed by atoms with Crippen LogP contribution in [0.15, 0.2) is 46.4 Å². The topological polar surface area (TPSA) is 119 Å². The van der Waals surface area contributed by atoms with E-state index < -0.39 is 0 Å². The number of fused-ring (bicyclic) bond motifs is 2. The largest absolute Gasteiger partial charge is 0.384 e. The monoisotopic (exact) mass is 459 g/mol. The number of benzene rings is 2. The minimum atomic E-state index is -0.129. The summed E-state index contributed by atoms with van der Waals surface area (Å²) >= 11 is 0. The molecule has 0 spiro atoms. The zero-order valence-electron chi connectivity index (χ0n) is 19.0. The van der Waals surface area contributed by atoms with Crippen molar-refractivity contribution in [2.75, 3.05) is 56.4 Å². The molecule has 0 radical (unpaired) electrons. The quantitative estimate of drug-likeness (QED) is 0.309. The van der Waals surface area contributed by atoms with Gasteiger partial charge in [-0.25, -0.2) is 0 Å². The molecule has 0 atom stereocenters. The first-order valence-corrected chi connectivity index (χ1v) is 11.8. The molecule has 2 heterocycles. The molecule has 3 aliphatic rings. The number of aliphatic imine (C=N–C) groups is 2. The lowest BCUT2D eigenvalue weighted by atomic mass is 9.82. The normalized spacial score (nSPS) is 16.1. The van der Waals surface area contributed by atoms with Crippen LogP contribution >= 0.6 is 0 Å². The fourth-order valence-corrected chi connectivity index (χ4v) is 4.52. The van der Waals surface area contributed by atoms with E-state index in [4.69, 9.17) is 0 Å². The van der Waals surface area contributed by atoms with Gasteiger partial charge in [0.15, 0.2) is 17.5 Å². The smallest absolute Gasteiger partial charge is 0.196 e. The molecule has 0 unspecified atom stereocenters. The zero-order chi connectivity index (χ0) is 23.3. The van der Waals surface area contributed by atoms with Crippen molar-refractivity contribution in [3.8, 4) is 0 Å². The first-order valence-electron chi connectivity index (χ1n) is 11.8. The van der Waals surface area contributed by atoms with E-state index in [1.807, 2.05) is 24.3 Å². The van der Waals surface area contributed by atoms with Gasteiger partial charge in [0.25, 0.3) is 0 Å². The first kappa shape index (κ1) is 21.9. The molecule has 0 amide bonds. The van der Waals surface area contributed by atoms with Crippen LogP contribution in [0.5, 0.6) is 0 Å². The molecule has 0 fully saturated rings. The molecular weight excluding hydrogens is 430 g/mol. The summed E-state index contributed by atoms with van der Waals surface area (Å²) in [5.74, 6) is 1.58. The molecule has 1 aliphatic carbocycles. The van der Waals surface area contributed by atoms with Gasteiger partial charge in [0.2, 0.25) is 0 Å². The molecule has 2 aliphatic heterocycles. The van der Waals surface area contributed by atoms with Crippen molar-refractivity contribution in [2.45, 2.75) is 12.8 Å². The summed E-state index contributed by atoms with van der Waals surface area (Å²) in [4.78, 5) is 35.7. The Morgan fingerprint density at radius 3 is 1.97 bits per heavy atom. The Morgan fingerprint density at radius 2 is 1.35 bits per heavy atom. The van der Waals surface area contributed by atoms with E-state index in [9.17, 15) is 9.59 Å². The first-order chi connectivity index (χ1) is 16.7. The highest BCUT2D eigenvalue weighted by Crippen LogP contribution is 2.35. The van der Waals surface area contributed by atoms with Crippen molar-refractivity contribution < 1.29 is 9.59 Å². The molecule has 176 valence electrons. The number of amidine groups is 1. The molecule has 5 N–H and O–H groups in total. The summed E-state index contributed by atoms with van der Waals surface area (Å²) in [7, 11) is 0. The average molecular weight is 460 g/mol. The Hall–Kier alpha value is -3.88. The molecule has 2 aromatic rings. The molecule has 9 heteroatoms. The van der Waals surface area contributed by atoms with Crippen molar-refractivity contribution in [1.82, 2.24) is 16.0 Å². The SMILES string of the molecule is O=C1c2cccc(NCCNC3=NCCN3)c2C(=O)c2cccc(NCCCC3=NCCN3)c21. The van der Waals surface area contributed by atoms with Crippen LogP contribution in [-0.2, 0) is 0 Å². The van der Waals surface area contributed by atoms with Gasteiger partial charge in [-0.2, -0.15) is 0 Å². The molecule has 0 saturated carbocycles. The van der Waals surface area contributed by atoms with Crippen LogP contribution in [0.4, 0.5) is 11.4 Å². The summed E-state index contributed by atoms with van der Waals surface area (Å²) < 4.78 is 0. The van der Waals surface area contributed by atoms with Gasteiger partial charge in [-0.05, 0) is 18.6 Å². The van der Waals surface area contributed by atoms with Crippen LogP contribution in [-0.4, -0.2) is 69.2 Å². The van der Waals surface area contributed by atoms with Gasteiger partial charge in [-0.1, -0.05) is 24.3 Å². The lowest BCUT2D eigenvalue weighted by Crippen LogP contribution is -2.36. The number of hydrogen-bond donors (Lipinski definition) is 5. The van der Waals surface area contributed by atoms with Crippen molar-refractivity contribution in [3.63, 3.8) is 0 Å². The van der Waals surface area contributed by atoms with Crippen LogP contribution in [0.3, 0.4) is 0 Å². The molecular formula is C25H29N7O2. The number of nitrogens with one attached hydrogen (secondary N) is 5. The Morgan fingerprint density at radius 1 is 0.735 bits per heavy atom. The van der Waals surface area contributed by atoms with Crippen LogP contribution in [0.2, 0.25) is 0 Å². The number of hydrogen-bond acceptors (Lipinski definition) is 9. The Balaban J connectivity index is 1.29. The molecule has 2 aromatic carbocycles. The van der Waals surface area contributed by atoms with Crippen LogP contribution in [0.1, 0.15) is 44.7 Å². The van der Waals surface area contributed by atoms with Gasteiger partial charge in [0, 0.05) is 61.6 Å². The molecule has 0 bridgehead atoms. The number of ketones is 2. The van der Waals surface area contributed by atoms with Gasteiger partial charge < -0.3 is 26.6 Å². The van der Waals surface area contributed by atoms with E-state index in [2.05, 4.69) is 36.6 Å². The summed E-state index contributed by atoms with van der Waals surface area (Å²) in [6.07, 6.45) is 1.75. The van der Waals surface area contributed by atoms with Gasteiger partial charge >= 0.3 is 0 Å². The van der Waals surface area contributed by atoms with E-state index in [1.165, 1.54) is 0 Å². The third kappa shape index (κ3) is 4.46. The average Bonchev–Trinajstić information content (AvgIpc) is 3.57. The molecule has 5 rings (SSSR count). The number of rotatable bonds is 9. The Labute approximate surface area is 198 Å². The highest BCUT2D eigenvalue weighted by molar-refractivity contribution is 6.31. The summed E-state index contributed by atoms with van der Waals surface area (Å²) in [5, 5.41) is 16.3. The van der Waals surface area contributed by atoms with Crippen molar-refractivity contribution in [2.24, 2.45) is 9.98 Å². The van der Waals surface area contributed by atoms with E-state index in [0.29, 0.717) is 53.3 Å². The second-order valence-electron chi connectivity index (χ2n) is 8.41. The number of nitrogens with zero attached hydrogens (tertiary/aromatic N) is 2. The lowest BCUT2D eigenvalue weighted by molar-refractivity contribution is 0.0980. The van der Waals surface area contributed by atoms with Gasteiger partial charge in [-0.3, -0.25) is 19.6 Å². The molecule has 34 heavy (non-hydrogen) atoms. The Kier molecular flexibility index (Phi) is 6.42. The summed E-state index contributed by atoms with van der Waals surface area (Å²) in [5.41, 5.74) is 3.17. The number of anilines is 2. The van der Waals surface area contributed by atoms with Crippen LogP contribution in [0.25, 0.3) is 0 Å². The van der Waals surface area contributed by atoms with E-state index in [-0.39, 0.29) is 11.6 Å². The summed E-state index contributed by atoms with van der Waals surface area (Å²) in [6, 6.07) is 10.8. The van der Waals surface area contributed by atoms with E-state index in [0.717, 1.165) is 50.8 Å². The van der Waals surface area contributed by atoms with Gasteiger partial charge in [-0.15, -0.1) is 0 Å². The maximum absolute atomic E-state index is 13.5. The Bertz CT molecular complexity index is 1080. The van der Waals surface area contributed by atoms with E-state index >= 15 is 0 Å². The fraction of sp³-hybridized carbons (Fsp3) is 0.360. The minimum absolute atomic E-state index is 0.124.